The first-order valence-corrected chi connectivity index (χ1v) is 6.75. The van der Waals surface area contributed by atoms with Crippen molar-refractivity contribution in [2.24, 2.45) is 0 Å². The van der Waals surface area contributed by atoms with Crippen LogP contribution in [0.2, 0.25) is 0 Å². The van der Waals surface area contributed by atoms with E-state index in [1.165, 1.54) is 15.6 Å². The van der Waals surface area contributed by atoms with Gasteiger partial charge in [0.2, 0.25) is 5.91 Å². The molecule has 0 aliphatic rings. The standard InChI is InChI=1S/C12H12BrNOS/c1-8(15)14-6-5-9-7-16-12-10(9)3-2-4-11(12)13/h2-4,7H,5-6H2,1H3,(H,14,15). The van der Waals surface area contributed by atoms with Crippen LogP contribution in [-0.2, 0) is 11.2 Å². The Bertz CT molecular complexity index is 521. The van der Waals surface area contributed by atoms with E-state index in [-0.39, 0.29) is 5.91 Å². The molecule has 2 nitrogen and oxygen atoms in total. The van der Waals surface area contributed by atoms with E-state index in [0.29, 0.717) is 6.54 Å². The average Bonchev–Trinajstić information content (AvgIpc) is 2.63. The van der Waals surface area contributed by atoms with Crippen molar-refractivity contribution in [3.05, 3.63) is 33.6 Å². The second kappa shape index (κ2) is 4.97. The van der Waals surface area contributed by atoms with Gasteiger partial charge in [-0.1, -0.05) is 12.1 Å². The van der Waals surface area contributed by atoms with Crippen molar-refractivity contribution in [2.45, 2.75) is 13.3 Å². The Morgan fingerprint density at radius 1 is 1.50 bits per heavy atom. The lowest BCUT2D eigenvalue weighted by Crippen LogP contribution is -2.22. The third-order valence-corrected chi connectivity index (χ3v) is 4.40. The molecule has 1 aromatic heterocycles. The first-order valence-electron chi connectivity index (χ1n) is 5.07. The van der Waals surface area contributed by atoms with E-state index in [1.807, 2.05) is 6.07 Å². The van der Waals surface area contributed by atoms with Crippen molar-refractivity contribution in [3.63, 3.8) is 0 Å². The van der Waals surface area contributed by atoms with Crippen LogP contribution in [0.3, 0.4) is 0 Å². The van der Waals surface area contributed by atoms with E-state index in [4.69, 9.17) is 0 Å². The lowest BCUT2D eigenvalue weighted by atomic mass is 10.1. The van der Waals surface area contributed by atoms with Crippen molar-refractivity contribution in [3.8, 4) is 0 Å². The van der Waals surface area contributed by atoms with Crippen molar-refractivity contribution in [2.75, 3.05) is 6.54 Å². The lowest BCUT2D eigenvalue weighted by molar-refractivity contribution is -0.118. The molecule has 0 fully saturated rings. The zero-order chi connectivity index (χ0) is 11.5. The van der Waals surface area contributed by atoms with Crippen LogP contribution in [-0.4, -0.2) is 12.5 Å². The smallest absolute Gasteiger partial charge is 0.216 e. The summed E-state index contributed by atoms with van der Waals surface area (Å²) in [5.74, 6) is 0.0284. The van der Waals surface area contributed by atoms with Crippen LogP contribution in [0.5, 0.6) is 0 Å². The van der Waals surface area contributed by atoms with Gasteiger partial charge < -0.3 is 5.32 Å². The van der Waals surface area contributed by atoms with Crippen LogP contribution in [0.1, 0.15) is 12.5 Å². The molecule has 0 unspecified atom stereocenters. The second-order valence-corrected chi connectivity index (χ2v) is 5.34. The molecule has 84 valence electrons. The minimum atomic E-state index is 0.0284. The molecule has 0 saturated heterocycles. The number of carbonyl (C=O) groups excluding carboxylic acids is 1. The Labute approximate surface area is 107 Å². The van der Waals surface area contributed by atoms with Gasteiger partial charge in [0.25, 0.3) is 0 Å². The maximum Gasteiger partial charge on any atom is 0.216 e. The summed E-state index contributed by atoms with van der Waals surface area (Å²) < 4.78 is 2.42. The quantitative estimate of drug-likeness (QED) is 0.925. The number of thiophene rings is 1. The highest BCUT2D eigenvalue weighted by Crippen LogP contribution is 2.32. The molecule has 0 radical (unpaired) electrons. The van der Waals surface area contributed by atoms with Gasteiger partial charge in [0.05, 0.1) is 0 Å². The van der Waals surface area contributed by atoms with E-state index in [0.717, 1.165) is 10.9 Å². The van der Waals surface area contributed by atoms with Crippen molar-refractivity contribution < 1.29 is 4.79 Å². The third kappa shape index (κ3) is 2.44. The second-order valence-electron chi connectivity index (χ2n) is 3.61. The maximum atomic E-state index is 10.8. The molecule has 0 aliphatic heterocycles. The van der Waals surface area contributed by atoms with Crippen molar-refractivity contribution >= 4 is 43.3 Å². The van der Waals surface area contributed by atoms with E-state index < -0.39 is 0 Å². The van der Waals surface area contributed by atoms with Gasteiger partial charge in [-0.3, -0.25) is 4.79 Å². The topological polar surface area (TPSA) is 29.1 Å². The molecule has 1 N–H and O–H groups in total. The van der Waals surface area contributed by atoms with Crippen LogP contribution in [0, 0.1) is 0 Å². The first-order chi connectivity index (χ1) is 7.68. The summed E-state index contributed by atoms with van der Waals surface area (Å²) >= 11 is 5.28. The van der Waals surface area contributed by atoms with Gasteiger partial charge in [-0.05, 0) is 44.7 Å². The first kappa shape index (κ1) is 11.6. The van der Waals surface area contributed by atoms with E-state index >= 15 is 0 Å². The molecular weight excluding hydrogens is 286 g/mol. The molecule has 1 amide bonds. The Kier molecular flexibility index (Phi) is 3.61. The number of fused-ring (bicyclic) bond motifs is 1. The number of carbonyl (C=O) groups is 1. The molecule has 2 aromatic rings. The predicted molar refractivity (Wildman–Crippen MR) is 71.9 cm³/mol. The normalized spacial score (nSPS) is 10.6. The molecule has 1 aromatic carbocycles. The summed E-state index contributed by atoms with van der Waals surface area (Å²) in [6.07, 6.45) is 0.885. The molecule has 16 heavy (non-hydrogen) atoms. The van der Waals surface area contributed by atoms with Crippen LogP contribution in [0.15, 0.2) is 28.1 Å². The van der Waals surface area contributed by atoms with Crippen LogP contribution in [0.4, 0.5) is 0 Å². The summed E-state index contributed by atoms with van der Waals surface area (Å²) in [6, 6.07) is 6.22. The van der Waals surface area contributed by atoms with Crippen molar-refractivity contribution in [1.82, 2.24) is 5.32 Å². The lowest BCUT2D eigenvalue weighted by Gasteiger charge is -2.01. The Balaban J connectivity index is 2.19. The highest BCUT2D eigenvalue weighted by Gasteiger charge is 2.06. The molecule has 1 heterocycles. The maximum absolute atomic E-state index is 10.8. The summed E-state index contributed by atoms with van der Waals surface area (Å²) in [7, 11) is 0. The highest BCUT2D eigenvalue weighted by molar-refractivity contribution is 9.10. The Morgan fingerprint density at radius 3 is 3.06 bits per heavy atom. The fourth-order valence-corrected chi connectivity index (χ4v) is 3.30. The number of nitrogens with one attached hydrogen (secondary N) is 1. The minimum Gasteiger partial charge on any atom is -0.356 e. The van der Waals surface area contributed by atoms with E-state index in [2.05, 4.69) is 38.8 Å². The molecule has 0 spiro atoms. The fourth-order valence-electron chi connectivity index (χ4n) is 1.64. The van der Waals surface area contributed by atoms with Gasteiger partial charge in [-0.15, -0.1) is 11.3 Å². The largest absolute Gasteiger partial charge is 0.356 e. The summed E-state index contributed by atoms with van der Waals surface area (Å²) in [4.78, 5) is 10.8. The molecule has 0 saturated carbocycles. The summed E-state index contributed by atoms with van der Waals surface area (Å²) in [6.45, 7) is 2.25. The monoisotopic (exact) mass is 297 g/mol. The van der Waals surface area contributed by atoms with Gasteiger partial charge in [0.1, 0.15) is 0 Å². The fraction of sp³-hybridized carbons (Fsp3) is 0.250. The van der Waals surface area contributed by atoms with Crippen LogP contribution in [0.25, 0.3) is 10.1 Å². The van der Waals surface area contributed by atoms with Gasteiger partial charge >= 0.3 is 0 Å². The molecule has 0 atom stereocenters. The van der Waals surface area contributed by atoms with Crippen LogP contribution >= 0.6 is 27.3 Å². The number of amides is 1. The van der Waals surface area contributed by atoms with E-state index in [1.54, 1.807) is 18.3 Å². The molecule has 2 rings (SSSR count). The number of rotatable bonds is 3. The minimum absolute atomic E-state index is 0.0284. The van der Waals surface area contributed by atoms with Gasteiger partial charge in [0.15, 0.2) is 0 Å². The van der Waals surface area contributed by atoms with Crippen LogP contribution < -0.4 is 5.32 Å². The average molecular weight is 298 g/mol. The predicted octanol–water partition coefficient (Wildman–Crippen LogP) is 3.34. The Morgan fingerprint density at radius 2 is 2.31 bits per heavy atom. The number of halogens is 1. The summed E-state index contributed by atoms with van der Waals surface area (Å²) in [5, 5.41) is 6.26. The zero-order valence-electron chi connectivity index (χ0n) is 8.92. The number of hydrogen-bond acceptors (Lipinski definition) is 2. The molecule has 0 aliphatic carbocycles. The molecular formula is C12H12BrNOS. The number of benzene rings is 1. The van der Waals surface area contributed by atoms with Crippen molar-refractivity contribution in [1.29, 1.82) is 0 Å². The number of hydrogen-bond donors (Lipinski definition) is 1. The van der Waals surface area contributed by atoms with Gasteiger partial charge in [0, 0.05) is 22.6 Å². The third-order valence-electron chi connectivity index (χ3n) is 2.40. The summed E-state index contributed by atoms with van der Waals surface area (Å²) in [5.41, 5.74) is 1.30. The SMILES string of the molecule is CC(=O)NCCc1csc2c(Br)cccc12. The van der Waals surface area contributed by atoms with E-state index in [9.17, 15) is 4.79 Å². The zero-order valence-corrected chi connectivity index (χ0v) is 11.3. The van der Waals surface area contributed by atoms with Gasteiger partial charge in [-0.25, -0.2) is 0 Å². The molecule has 0 bridgehead atoms. The molecule has 4 heteroatoms. The highest BCUT2D eigenvalue weighted by atomic mass is 79.9. The van der Waals surface area contributed by atoms with Gasteiger partial charge in [-0.2, -0.15) is 0 Å². The Hall–Kier alpha value is -0.870.